The number of hydrogen-bond donors (Lipinski definition) is 2. The molecule has 2 amide bonds. The van der Waals surface area contributed by atoms with Crippen LogP contribution in [0, 0.1) is 5.41 Å². The highest BCUT2D eigenvalue weighted by Crippen LogP contribution is 2.34. The molecule has 1 unspecified atom stereocenters. The first-order valence-corrected chi connectivity index (χ1v) is 8.75. The molecule has 0 aromatic carbocycles. The van der Waals surface area contributed by atoms with Crippen LogP contribution in [0.4, 0.5) is 0 Å². The molecule has 7 nitrogen and oxygen atoms in total. The van der Waals surface area contributed by atoms with Crippen molar-refractivity contribution in [2.24, 2.45) is 5.41 Å². The summed E-state index contributed by atoms with van der Waals surface area (Å²) in [7, 11) is 0. The largest absolute Gasteiger partial charge is 0.354 e. The van der Waals surface area contributed by atoms with Gasteiger partial charge in [-0.3, -0.25) is 9.59 Å². The van der Waals surface area contributed by atoms with Crippen LogP contribution in [0.2, 0.25) is 0 Å². The third-order valence-electron chi connectivity index (χ3n) is 5.34. The van der Waals surface area contributed by atoms with Crippen LogP contribution in [0.25, 0.3) is 11.1 Å². The Hall–Kier alpha value is -2.44. The van der Waals surface area contributed by atoms with Crippen molar-refractivity contribution in [1.82, 2.24) is 20.8 Å². The number of aromatic nitrogens is 2. The second kappa shape index (κ2) is 6.46. The van der Waals surface area contributed by atoms with Gasteiger partial charge in [-0.1, -0.05) is 32.9 Å². The molecule has 2 N–H and O–H groups in total. The standard InChI is InChI=1S/C18H24N4O3/c1-5-18(6-2)9-20-16(24)14(18)21-15(23)11-7-12-13(10(3)4)22-25-17(12)19-8-11/h7-8,10,14H,5-6,9H2,1-4H3,(H,20,24)(H,21,23). The summed E-state index contributed by atoms with van der Waals surface area (Å²) in [4.78, 5) is 29.1. The Bertz CT molecular complexity index is 808. The molecule has 7 heteroatoms. The maximum Gasteiger partial charge on any atom is 0.257 e. The third-order valence-corrected chi connectivity index (χ3v) is 5.34. The van der Waals surface area contributed by atoms with Crippen molar-refractivity contribution < 1.29 is 14.1 Å². The van der Waals surface area contributed by atoms with Crippen molar-refractivity contribution >= 4 is 22.9 Å². The fourth-order valence-electron chi connectivity index (χ4n) is 3.48. The van der Waals surface area contributed by atoms with E-state index >= 15 is 0 Å². The minimum absolute atomic E-state index is 0.126. The third kappa shape index (κ3) is 2.88. The van der Waals surface area contributed by atoms with Gasteiger partial charge in [-0.25, -0.2) is 4.98 Å². The van der Waals surface area contributed by atoms with Gasteiger partial charge >= 0.3 is 0 Å². The van der Waals surface area contributed by atoms with E-state index in [2.05, 4.69) is 20.8 Å². The minimum atomic E-state index is -0.530. The van der Waals surface area contributed by atoms with Crippen LogP contribution in [0.15, 0.2) is 16.8 Å². The summed E-state index contributed by atoms with van der Waals surface area (Å²) in [5, 5.41) is 10.5. The summed E-state index contributed by atoms with van der Waals surface area (Å²) in [6.45, 7) is 8.68. The first-order valence-electron chi connectivity index (χ1n) is 8.75. The van der Waals surface area contributed by atoms with Crippen LogP contribution >= 0.6 is 0 Å². The van der Waals surface area contributed by atoms with E-state index < -0.39 is 6.04 Å². The van der Waals surface area contributed by atoms with Crippen LogP contribution in [0.5, 0.6) is 0 Å². The smallest absolute Gasteiger partial charge is 0.257 e. The van der Waals surface area contributed by atoms with E-state index in [0.717, 1.165) is 23.9 Å². The number of nitrogens with one attached hydrogen (secondary N) is 2. The predicted octanol–water partition coefficient (Wildman–Crippen LogP) is 2.38. The molecule has 1 aliphatic heterocycles. The number of pyridine rings is 1. The molecule has 2 aromatic rings. The summed E-state index contributed by atoms with van der Waals surface area (Å²) >= 11 is 0. The van der Waals surface area contributed by atoms with Crippen LogP contribution in [0.3, 0.4) is 0 Å². The lowest BCUT2D eigenvalue weighted by molar-refractivity contribution is -0.121. The molecule has 0 radical (unpaired) electrons. The Kier molecular flexibility index (Phi) is 4.49. The Morgan fingerprint density at radius 1 is 1.44 bits per heavy atom. The average Bonchev–Trinajstić information content (AvgIpc) is 3.17. The van der Waals surface area contributed by atoms with Gasteiger partial charge in [-0.15, -0.1) is 0 Å². The predicted molar refractivity (Wildman–Crippen MR) is 93.2 cm³/mol. The summed E-state index contributed by atoms with van der Waals surface area (Å²) in [6, 6.07) is 1.20. The maximum atomic E-state index is 12.7. The van der Waals surface area contributed by atoms with Gasteiger partial charge in [0.25, 0.3) is 11.6 Å². The van der Waals surface area contributed by atoms with Gasteiger partial charge in [-0.2, -0.15) is 0 Å². The van der Waals surface area contributed by atoms with Crippen LogP contribution in [-0.4, -0.2) is 34.5 Å². The fourth-order valence-corrected chi connectivity index (χ4v) is 3.48. The van der Waals surface area contributed by atoms with Crippen molar-refractivity contribution in [2.45, 2.75) is 52.5 Å². The zero-order chi connectivity index (χ0) is 18.2. The van der Waals surface area contributed by atoms with E-state index in [1.54, 1.807) is 6.07 Å². The molecular formula is C18H24N4O3. The van der Waals surface area contributed by atoms with E-state index in [1.165, 1.54) is 6.20 Å². The highest BCUT2D eigenvalue weighted by Gasteiger charge is 2.46. The molecule has 1 saturated heterocycles. The van der Waals surface area contributed by atoms with Gasteiger partial charge in [0.05, 0.1) is 16.6 Å². The summed E-state index contributed by atoms with van der Waals surface area (Å²) in [5.41, 5.74) is 1.34. The topological polar surface area (TPSA) is 97.1 Å². The Labute approximate surface area is 146 Å². The van der Waals surface area contributed by atoms with Gasteiger partial charge in [0.15, 0.2) is 0 Å². The molecule has 1 aliphatic rings. The summed E-state index contributed by atoms with van der Waals surface area (Å²) < 4.78 is 5.21. The van der Waals surface area contributed by atoms with E-state index in [4.69, 9.17) is 4.52 Å². The quantitative estimate of drug-likeness (QED) is 0.868. The zero-order valence-electron chi connectivity index (χ0n) is 15.0. The lowest BCUT2D eigenvalue weighted by atomic mass is 9.77. The maximum absolute atomic E-state index is 12.7. The summed E-state index contributed by atoms with van der Waals surface area (Å²) in [6.07, 6.45) is 3.08. The monoisotopic (exact) mass is 344 g/mol. The molecule has 134 valence electrons. The molecule has 0 bridgehead atoms. The van der Waals surface area contributed by atoms with Crippen molar-refractivity contribution in [1.29, 1.82) is 0 Å². The second-order valence-electron chi connectivity index (χ2n) is 6.99. The van der Waals surface area contributed by atoms with Gasteiger partial charge in [0.2, 0.25) is 5.91 Å². The Balaban J connectivity index is 1.89. The van der Waals surface area contributed by atoms with Crippen molar-refractivity contribution in [3.05, 3.63) is 23.5 Å². The van der Waals surface area contributed by atoms with Gasteiger partial charge in [-0.05, 0) is 24.8 Å². The molecule has 25 heavy (non-hydrogen) atoms. The van der Waals surface area contributed by atoms with Crippen LogP contribution in [-0.2, 0) is 4.79 Å². The van der Waals surface area contributed by atoms with Gasteiger partial charge in [0, 0.05) is 18.2 Å². The fraction of sp³-hybridized carbons (Fsp3) is 0.556. The van der Waals surface area contributed by atoms with E-state index in [9.17, 15) is 9.59 Å². The summed E-state index contributed by atoms with van der Waals surface area (Å²) in [5.74, 6) is -0.271. The Morgan fingerprint density at radius 3 is 2.80 bits per heavy atom. The molecule has 3 rings (SSSR count). The number of carbonyl (C=O) groups is 2. The van der Waals surface area contributed by atoms with E-state index in [0.29, 0.717) is 17.8 Å². The van der Waals surface area contributed by atoms with E-state index in [1.807, 2.05) is 27.7 Å². The number of rotatable bonds is 5. The van der Waals surface area contributed by atoms with Gasteiger partial charge < -0.3 is 15.2 Å². The lowest BCUT2D eigenvalue weighted by Crippen LogP contribution is -2.48. The van der Waals surface area contributed by atoms with Gasteiger partial charge in [0.1, 0.15) is 6.04 Å². The molecule has 3 heterocycles. The number of nitrogens with zero attached hydrogens (tertiary/aromatic N) is 2. The number of amides is 2. The normalized spacial score (nSPS) is 19.4. The lowest BCUT2D eigenvalue weighted by Gasteiger charge is -2.31. The van der Waals surface area contributed by atoms with Crippen molar-refractivity contribution in [2.75, 3.05) is 6.54 Å². The number of fused-ring (bicyclic) bond motifs is 1. The van der Waals surface area contributed by atoms with Crippen LogP contribution in [0.1, 0.15) is 62.5 Å². The van der Waals surface area contributed by atoms with Crippen molar-refractivity contribution in [3.63, 3.8) is 0 Å². The highest BCUT2D eigenvalue weighted by molar-refractivity contribution is 6.00. The first kappa shape index (κ1) is 17.4. The molecule has 0 aliphatic carbocycles. The molecule has 1 fully saturated rings. The van der Waals surface area contributed by atoms with Crippen LogP contribution < -0.4 is 10.6 Å². The zero-order valence-corrected chi connectivity index (χ0v) is 15.0. The first-order chi connectivity index (χ1) is 11.9. The molecule has 0 spiro atoms. The molecule has 1 atom stereocenters. The van der Waals surface area contributed by atoms with Crippen molar-refractivity contribution in [3.8, 4) is 0 Å². The number of hydrogen-bond acceptors (Lipinski definition) is 5. The molecule has 2 aromatic heterocycles. The highest BCUT2D eigenvalue weighted by atomic mass is 16.5. The SMILES string of the molecule is CCC1(CC)CNC(=O)C1NC(=O)c1cnc2onc(C(C)C)c2c1. The van der Waals surface area contributed by atoms with E-state index in [-0.39, 0.29) is 23.1 Å². The average molecular weight is 344 g/mol. The second-order valence-corrected chi connectivity index (χ2v) is 6.99. The molecule has 0 saturated carbocycles. The minimum Gasteiger partial charge on any atom is -0.354 e. The molecular weight excluding hydrogens is 320 g/mol. The number of carbonyl (C=O) groups excluding carboxylic acids is 2. The Morgan fingerprint density at radius 2 is 2.16 bits per heavy atom.